The lowest BCUT2D eigenvalue weighted by Gasteiger charge is -2.23. The van der Waals surface area contributed by atoms with Gasteiger partial charge in [0, 0.05) is 6.20 Å². The smallest absolute Gasteiger partial charge is 0.0627 e. The molecule has 118 valence electrons. The van der Waals surface area contributed by atoms with Gasteiger partial charge in [-0.05, 0) is 56.6 Å². The summed E-state index contributed by atoms with van der Waals surface area (Å²) in [6, 6.07) is 2.92. The van der Waals surface area contributed by atoms with E-state index >= 15 is 0 Å². The van der Waals surface area contributed by atoms with E-state index in [1.165, 1.54) is 69.9 Å². The van der Waals surface area contributed by atoms with Gasteiger partial charge in [0.15, 0.2) is 0 Å². The van der Waals surface area contributed by atoms with Crippen molar-refractivity contribution in [3.05, 3.63) is 18.0 Å². The van der Waals surface area contributed by atoms with Gasteiger partial charge in [-0.15, -0.1) is 0 Å². The third kappa shape index (κ3) is 3.88. The fourth-order valence-electron chi connectivity index (χ4n) is 4.34. The lowest BCUT2D eigenvalue weighted by atomic mass is 9.84. The zero-order chi connectivity index (χ0) is 14.5. The molecule has 0 spiro atoms. The zero-order valence-corrected chi connectivity index (χ0v) is 13.3. The van der Waals surface area contributed by atoms with E-state index in [9.17, 15) is 0 Å². The summed E-state index contributed by atoms with van der Waals surface area (Å²) in [5.74, 6) is 1.47. The first kappa shape index (κ1) is 15.1. The van der Waals surface area contributed by atoms with Crippen LogP contribution in [0.5, 0.6) is 0 Å². The van der Waals surface area contributed by atoms with Gasteiger partial charge in [0.05, 0.1) is 11.7 Å². The van der Waals surface area contributed by atoms with Crippen LogP contribution in [0.2, 0.25) is 0 Å². The maximum absolute atomic E-state index is 6.01. The number of nitrogens with two attached hydrogens (primary N) is 1. The van der Waals surface area contributed by atoms with Crippen LogP contribution in [0.3, 0.4) is 0 Å². The topological polar surface area (TPSA) is 43.8 Å². The lowest BCUT2D eigenvalue weighted by Crippen LogP contribution is -2.24. The van der Waals surface area contributed by atoms with Crippen LogP contribution < -0.4 is 5.73 Å². The molecule has 1 aromatic rings. The fraction of sp³-hybridized carbons (Fsp3) is 0.833. The second-order valence-electron chi connectivity index (χ2n) is 7.18. The van der Waals surface area contributed by atoms with E-state index in [-0.39, 0.29) is 0 Å². The molecule has 2 saturated carbocycles. The van der Waals surface area contributed by atoms with Gasteiger partial charge >= 0.3 is 0 Å². The minimum Gasteiger partial charge on any atom is -0.330 e. The molecule has 3 rings (SSSR count). The zero-order valence-electron chi connectivity index (χ0n) is 13.3. The highest BCUT2D eigenvalue weighted by Crippen LogP contribution is 2.31. The van der Waals surface area contributed by atoms with Gasteiger partial charge in [-0.3, -0.25) is 4.68 Å². The largest absolute Gasteiger partial charge is 0.330 e. The summed E-state index contributed by atoms with van der Waals surface area (Å²) in [6.45, 7) is 0.855. The van der Waals surface area contributed by atoms with Crippen LogP contribution >= 0.6 is 0 Å². The Morgan fingerprint density at radius 1 is 0.952 bits per heavy atom. The Kier molecular flexibility index (Phi) is 5.34. The average molecular weight is 289 g/mol. The first-order chi connectivity index (χ1) is 10.4. The Morgan fingerprint density at radius 2 is 1.62 bits per heavy atom. The van der Waals surface area contributed by atoms with Gasteiger partial charge in [0.25, 0.3) is 0 Å². The minimum absolute atomic E-state index is 0.659. The van der Waals surface area contributed by atoms with Crippen molar-refractivity contribution in [1.82, 2.24) is 9.78 Å². The molecule has 0 radical (unpaired) electrons. The summed E-state index contributed by atoms with van der Waals surface area (Å²) >= 11 is 0. The molecule has 0 saturated heterocycles. The van der Waals surface area contributed by atoms with Crippen LogP contribution in [0.15, 0.2) is 12.3 Å². The van der Waals surface area contributed by atoms with E-state index in [1.54, 1.807) is 0 Å². The van der Waals surface area contributed by atoms with Gasteiger partial charge in [-0.1, -0.05) is 38.5 Å². The normalized spacial score (nSPS) is 28.4. The van der Waals surface area contributed by atoms with E-state index in [0.717, 1.165) is 18.9 Å². The van der Waals surface area contributed by atoms with Crippen LogP contribution in [0.4, 0.5) is 0 Å². The Balaban J connectivity index is 1.62. The maximum atomic E-state index is 6.01. The summed E-state index contributed by atoms with van der Waals surface area (Å²) in [4.78, 5) is 0. The molecule has 2 fully saturated rings. The molecule has 0 amide bonds. The first-order valence-electron chi connectivity index (χ1n) is 9.11. The van der Waals surface area contributed by atoms with E-state index in [0.29, 0.717) is 12.0 Å². The highest BCUT2D eigenvalue weighted by atomic mass is 15.3. The summed E-state index contributed by atoms with van der Waals surface area (Å²) in [5, 5.41) is 4.90. The van der Waals surface area contributed by atoms with Gasteiger partial charge in [-0.25, -0.2) is 0 Å². The molecule has 3 nitrogen and oxygen atoms in total. The van der Waals surface area contributed by atoms with Crippen LogP contribution in [0.25, 0.3) is 0 Å². The molecule has 21 heavy (non-hydrogen) atoms. The SMILES string of the molecule is NCC1CCCCCC1Cc1ccn(C2CCCCC2)n1. The minimum atomic E-state index is 0.659. The molecular formula is C18H31N3. The third-order valence-electron chi connectivity index (χ3n) is 5.70. The Hall–Kier alpha value is -0.830. The molecule has 0 bridgehead atoms. The second-order valence-corrected chi connectivity index (χ2v) is 7.18. The van der Waals surface area contributed by atoms with Crippen molar-refractivity contribution in [3.8, 4) is 0 Å². The quantitative estimate of drug-likeness (QED) is 0.849. The predicted octanol–water partition coefficient (Wildman–Crippen LogP) is 4.09. The third-order valence-corrected chi connectivity index (χ3v) is 5.70. The number of rotatable bonds is 4. The monoisotopic (exact) mass is 289 g/mol. The van der Waals surface area contributed by atoms with Gasteiger partial charge in [0.1, 0.15) is 0 Å². The van der Waals surface area contributed by atoms with E-state index < -0.39 is 0 Å². The number of hydrogen-bond donors (Lipinski definition) is 1. The van der Waals surface area contributed by atoms with Crippen LogP contribution in [-0.2, 0) is 6.42 Å². The molecule has 3 heteroatoms. The molecule has 2 aliphatic carbocycles. The molecule has 2 N–H and O–H groups in total. The van der Waals surface area contributed by atoms with E-state index in [2.05, 4.69) is 16.9 Å². The van der Waals surface area contributed by atoms with Crippen LogP contribution in [0.1, 0.15) is 75.9 Å². The highest BCUT2D eigenvalue weighted by Gasteiger charge is 2.24. The van der Waals surface area contributed by atoms with Gasteiger partial charge < -0.3 is 5.73 Å². The molecule has 2 aliphatic rings. The van der Waals surface area contributed by atoms with Crippen LogP contribution in [0, 0.1) is 11.8 Å². The number of nitrogens with zero attached hydrogens (tertiary/aromatic N) is 2. The standard InChI is InChI=1S/C18H31N3/c19-14-16-8-4-1-3-7-15(16)13-17-11-12-21(20-17)18-9-5-2-6-10-18/h11-12,15-16,18H,1-10,13-14,19H2. The first-order valence-corrected chi connectivity index (χ1v) is 9.11. The van der Waals surface area contributed by atoms with Crippen LogP contribution in [-0.4, -0.2) is 16.3 Å². The highest BCUT2D eigenvalue weighted by molar-refractivity contribution is 5.02. The Labute approximate surface area is 129 Å². The van der Waals surface area contributed by atoms with Crippen molar-refractivity contribution < 1.29 is 0 Å². The molecule has 0 aromatic carbocycles. The van der Waals surface area contributed by atoms with Gasteiger partial charge in [-0.2, -0.15) is 5.10 Å². The van der Waals surface area contributed by atoms with Gasteiger partial charge in [0.2, 0.25) is 0 Å². The molecule has 1 aromatic heterocycles. The van der Waals surface area contributed by atoms with Crippen molar-refractivity contribution in [2.75, 3.05) is 6.54 Å². The predicted molar refractivity (Wildman–Crippen MR) is 87.2 cm³/mol. The summed E-state index contributed by atoms with van der Waals surface area (Å²) in [7, 11) is 0. The average Bonchev–Trinajstić information content (AvgIpc) is 2.88. The Bertz CT molecular complexity index is 420. The van der Waals surface area contributed by atoms with Crippen molar-refractivity contribution in [2.24, 2.45) is 17.6 Å². The molecular weight excluding hydrogens is 258 g/mol. The molecule has 2 unspecified atom stereocenters. The summed E-state index contributed by atoms with van der Waals surface area (Å²) in [5.41, 5.74) is 7.31. The van der Waals surface area contributed by atoms with Crippen molar-refractivity contribution in [2.45, 2.75) is 76.7 Å². The number of hydrogen-bond acceptors (Lipinski definition) is 2. The fourth-order valence-corrected chi connectivity index (χ4v) is 4.34. The van der Waals surface area contributed by atoms with Crippen molar-refractivity contribution >= 4 is 0 Å². The Morgan fingerprint density at radius 3 is 2.33 bits per heavy atom. The molecule has 2 atom stereocenters. The van der Waals surface area contributed by atoms with E-state index in [4.69, 9.17) is 10.8 Å². The summed E-state index contributed by atoms with van der Waals surface area (Å²) in [6.07, 6.45) is 17.0. The number of aromatic nitrogens is 2. The van der Waals surface area contributed by atoms with Crippen molar-refractivity contribution in [3.63, 3.8) is 0 Å². The van der Waals surface area contributed by atoms with Crippen molar-refractivity contribution in [1.29, 1.82) is 0 Å². The molecule has 1 heterocycles. The molecule has 0 aliphatic heterocycles. The summed E-state index contributed by atoms with van der Waals surface area (Å²) < 4.78 is 2.25. The van der Waals surface area contributed by atoms with E-state index in [1.807, 2.05) is 0 Å². The maximum Gasteiger partial charge on any atom is 0.0627 e. The second kappa shape index (κ2) is 7.44. The lowest BCUT2D eigenvalue weighted by molar-refractivity contribution is 0.307.